The molecule has 31 heavy (non-hydrogen) atoms. The Morgan fingerprint density at radius 3 is 2.35 bits per heavy atom. The van der Waals surface area contributed by atoms with Crippen molar-refractivity contribution in [2.24, 2.45) is 0 Å². The molecule has 0 N–H and O–H groups in total. The lowest BCUT2D eigenvalue weighted by Crippen LogP contribution is -2.25. The van der Waals surface area contributed by atoms with Crippen LogP contribution in [0.5, 0.6) is 23.0 Å². The van der Waals surface area contributed by atoms with E-state index < -0.39 is 0 Å². The molecule has 1 atom stereocenters. The minimum atomic E-state index is -0.272. The van der Waals surface area contributed by atoms with Gasteiger partial charge in [-0.1, -0.05) is 30.3 Å². The Morgan fingerprint density at radius 2 is 1.65 bits per heavy atom. The lowest BCUT2D eigenvalue weighted by atomic mass is 9.75. The zero-order valence-electron chi connectivity index (χ0n) is 17.9. The molecule has 1 aliphatic carbocycles. The highest BCUT2D eigenvalue weighted by atomic mass is 16.5. The zero-order valence-corrected chi connectivity index (χ0v) is 17.9. The molecule has 0 spiro atoms. The normalized spacial score (nSPS) is 17.6. The van der Waals surface area contributed by atoms with Crippen molar-refractivity contribution in [3.8, 4) is 23.0 Å². The summed E-state index contributed by atoms with van der Waals surface area (Å²) >= 11 is 0. The molecular weight excluding hydrogens is 392 g/mol. The lowest BCUT2D eigenvalue weighted by Gasteiger charge is -2.34. The summed E-state index contributed by atoms with van der Waals surface area (Å²) in [5, 5.41) is 2.18. The van der Waals surface area contributed by atoms with Crippen molar-refractivity contribution in [1.29, 1.82) is 0 Å². The number of carbonyl (C=O) groups excluding carboxylic acids is 1. The smallest absolute Gasteiger partial charge is 0.203 e. The Kier molecular flexibility index (Phi) is 4.81. The summed E-state index contributed by atoms with van der Waals surface area (Å²) in [6, 6.07) is 16.1. The second-order valence-electron chi connectivity index (χ2n) is 7.81. The number of hydrogen-bond donors (Lipinski definition) is 0. The maximum Gasteiger partial charge on any atom is 0.203 e. The predicted octanol–water partition coefficient (Wildman–Crippen LogP) is 5.40. The molecule has 0 radical (unpaired) electrons. The van der Waals surface area contributed by atoms with Gasteiger partial charge in [-0.2, -0.15) is 0 Å². The van der Waals surface area contributed by atoms with E-state index >= 15 is 0 Å². The van der Waals surface area contributed by atoms with Crippen molar-refractivity contribution in [2.45, 2.75) is 25.2 Å². The van der Waals surface area contributed by atoms with Crippen LogP contribution in [-0.4, -0.2) is 27.1 Å². The molecule has 0 saturated heterocycles. The van der Waals surface area contributed by atoms with Gasteiger partial charge in [0.1, 0.15) is 11.5 Å². The van der Waals surface area contributed by atoms with Gasteiger partial charge in [-0.25, -0.2) is 0 Å². The minimum Gasteiger partial charge on any atom is -0.493 e. The summed E-state index contributed by atoms with van der Waals surface area (Å²) in [5.74, 6) is 3.10. The van der Waals surface area contributed by atoms with Gasteiger partial charge in [0.15, 0.2) is 17.3 Å². The van der Waals surface area contributed by atoms with Gasteiger partial charge >= 0.3 is 0 Å². The maximum atomic E-state index is 13.2. The average Bonchev–Trinajstić information content (AvgIpc) is 2.81. The van der Waals surface area contributed by atoms with Gasteiger partial charge in [0.05, 0.1) is 21.3 Å². The SMILES string of the molecule is COc1cc(C2C3=C(CCCC3=O)Oc3ccc4ccccc4c32)cc(OC)c1OC. The number of methoxy groups -OCH3 is 3. The van der Waals surface area contributed by atoms with Crippen molar-refractivity contribution >= 4 is 16.6 Å². The first-order valence-electron chi connectivity index (χ1n) is 10.4. The molecule has 5 heteroatoms. The first-order valence-corrected chi connectivity index (χ1v) is 10.4. The van der Waals surface area contributed by atoms with E-state index in [0.717, 1.165) is 51.8 Å². The van der Waals surface area contributed by atoms with Crippen molar-refractivity contribution in [3.05, 3.63) is 71.0 Å². The van der Waals surface area contributed by atoms with Crippen LogP contribution in [0.4, 0.5) is 0 Å². The Balaban J connectivity index is 1.83. The van der Waals surface area contributed by atoms with Crippen molar-refractivity contribution in [3.63, 3.8) is 0 Å². The molecular formula is C26H24O5. The molecule has 0 fully saturated rings. The minimum absolute atomic E-state index is 0.138. The molecule has 3 aromatic carbocycles. The summed E-state index contributed by atoms with van der Waals surface area (Å²) in [5.41, 5.74) is 2.66. The molecule has 0 bridgehead atoms. The fourth-order valence-electron chi connectivity index (χ4n) is 4.80. The Bertz CT molecular complexity index is 1200. The molecule has 2 aliphatic rings. The van der Waals surface area contributed by atoms with Gasteiger partial charge in [0.25, 0.3) is 0 Å². The Labute approximate surface area is 181 Å². The standard InChI is InChI=1S/C26H24O5/c1-28-21-13-16(14-22(29-2)26(21)30-3)23-24-17-8-5-4-7-15(17)11-12-20(24)31-19-10-6-9-18(27)25(19)23/h4-5,7-8,11-14,23H,6,9-10H2,1-3H3. The molecule has 5 nitrogen and oxygen atoms in total. The van der Waals surface area contributed by atoms with Gasteiger partial charge in [-0.05, 0) is 41.0 Å². The zero-order chi connectivity index (χ0) is 21.5. The van der Waals surface area contributed by atoms with Crippen LogP contribution >= 0.6 is 0 Å². The summed E-state index contributed by atoms with van der Waals surface area (Å²) in [6.45, 7) is 0. The van der Waals surface area contributed by atoms with E-state index in [9.17, 15) is 4.79 Å². The molecule has 0 amide bonds. The number of allylic oxidation sites excluding steroid dienone is 2. The number of fused-ring (bicyclic) bond motifs is 3. The molecule has 1 unspecified atom stereocenters. The van der Waals surface area contributed by atoms with Crippen molar-refractivity contribution in [2.75, 3.05) is 21.3 Å². The second kappa shape index (κ2) is 7.65. The van der Waals surface area contributed by atoms with Crippen LogP contribution in [0.25, 0.3) is 10.8 Å². The fraction of sp³-hybridized carbons (Fsp3) is 0.269. The lowest BCUT2D eigenvalue weighted by molar-refractivity contribution is -0.116. The highest BCUT2D eigenvalue weighted by Crippen LogP contribution is 2.51. The van der Waals surface area contributed by atoms with E-state index in [0.29, 0.717) is 23.7 Å². The van der Waals surface area contributed by atoms with E-state index in [-0.39, 0.29) is 11.7 Å². The molecule has 1 heterocycles. The topological polar surface area (TPSA) is 54.0 Å². The fourth-order valence-corrected chi connectivity index (χ4v) is 4.80. The van der Waals surface area contributed by atoms with Crippen LogP contribution in [0.15, 0.2) is 59.9 Å². The molecule has 0 aromatic heterocycles. The molecule has 1 aliphatic heterocycles. The van der Waals surface area contributed by atoms with Crippen molar-refractivity contribution < 1.29 is 23.7 Å². The van der Waals surface area contributed by atoms with Gasteiger partial charge in [-0.15, -0.1) is 0 Å². The van der Waals surface area contributed by atoms with Crippen LogP contribution in [-0.2, 0) is 4.79 Å². The Hall–Kier alpha value is -3.47. The number of benzene rings is 3. The first kappa shape index (κ1) is 19.5. The molecule has 5 rings (SSSR count). The summed E-state index contributed by atoms with van der Waals surface area (Å²) in [4.78, 5) is 13.2. The van der Waals surface area contributed by atoms with Gasteiger partial charge in [0.2, 0.25) is 5.75 Å². The summed E-state index contributed by atoms with van der Waals surface area (Å²) in [6.07, 6.45) is 2.10. The first-order chi connectivity index (χ1) is 15.2. The van der Waals surface area contributed by atoms with E-state index in [4.69, 9.17) is 18.9 Å². The van der Waals surface area contributed by atoms with Crippen LogP contribution in [0.2, 0.25) is 0 Å². The van der Waals surface area contributed by atoms with Crippen LogP contribution < -0.4 is 18.9 Å². The van der Waals surface area contributed by atoms with E-state index in [2.05, 4.69) is 18.2 Å². The van der Waals surface area contributed by atoms with Gasteiger partial charge in [0, 0.05) is 29.9 Å². The second-order valence-corrected chi connectivity index (χ2v) is 7.81. The number of ketones is 1. The molecule has 158 valence electrons. The van der Waals surface area contributed by atoms with Crippen LogP contribution in [0.1, 0.15) is 36.3 Å². The average molecular weight is 416 g/mol. The molecule has 0 saturated carbocycles. The summed E-state index contributed by atoms with van der Waals surface area (Å²) < 4.78 is 23.0. The Morgan fingerprint density at radius 1 is 0.903 bits per heavy atom. The van der Waals surface area contributed by atoms with Crippen molar-refractivity contribution in [1.82, 2.24) is 0 Å². The van der Waals surface area contributed by atoms with Gasteiger partial charge in [-0.3, -0.25) is 4.79 Å². The van der Waals surface area contributed by atoms with Crippen LogP contribution in [0.3, 0.4) is 0 Å². The van der Waals surface area contributed by atoms with E-state index in [1.807, 2.05) is 30.3 Å². The third-order valence-electron chi connectivity index (χ3n) is 6.17. The monoisotopic (exact) mass is 416 g/mol. The third-order valence-corrected chi connectivity index (χ3v) is 6.17. The number of ether oxygens (including phenoxy) is 4. The summed E-state index contributed by atoms with van der Waals surface area (Å²) in [7, 11) is 4.79. The largest absolute Gasteiger partial charge is 0.493 e. The number of rotatable bonds is 4. The van der Waals surface area contributed by atoms with E-state index in [1.54, 1.807) is 21.3 Å². The predicted molar refractivity (Wildman–Crippen MR) is 118 cm³/mol. The number of Topliss-reactive ketones (excluding diaryl/α,β-unsaturated/α-hetero) is 1. The quantitative estimate of drug-likeness (QED) is 0.570. The highest BCUT2D eigenvalue weighted by Gasteiger charge is 2.38. The third kappa shape index (κ3) is 3.03. The molecule has 3 aromatic rings. The maximum absolute atomic E-state index is 13.2. The number of carbonyl (C=O) groups is 1. The van der Waals surface area contributed by atoms with E-state index in [1.165, 1.54) is 0 Å². The highest BCUT2D eigenvalue weighted by molar-refractivity contribution is 6.01. The van der Waals surface area contributed by atoms with Crippen LogP contribution in [0, 0.1) is 0 Å². The van der Waals surface area contributed by atoms with Gasteiger partial charge < -0.3 is 18.9 Å². The number of hydrogen-bond acceptors (Lipinski definition) is 5.